The lowest BCUT2D eigenvalue weighted by Crippen LogP contribution is -2.42. The number of hydrogen-bond donors (Lipinski definition) is 0. The first kappa shape index (κ1) is 18.9. The first-order valence-corrected chi connectivity index (χ1v) is 6.97. The Morgan fingerprint density at radius 2 is 1.04 bits per heavy atom. The van der Waals surface area contributed by atoms with Crippen molar-refractivity contribution in [3.8, 4) is 0 Å². The van der Waals surface area contributed by atoms with Crippen LogP contribution in [0.5, 0.6) is 0 Å². The molecule has 4 atom stereocenters. The highest BCUT2D eigenvalue weighted by Crippen LogP contribution is 2.28. The van der Waals surface area contributed by atoms with Crippen LogP contribution >= 0.6 is 0 Å². The summed E-state index contributed by atoms with van der Waals surface area (Å²) in [6.07, 6.45) is -3.63. The number of carbonyl (C=O) groups excluding carboxylic acids is 4. The normalized spacial score (nSPS) is 26.3. The molecule has 0 spiro atoms. The fraction of sp³-hybridized carbons (Fsp3) is 0.714. The molecule has 1 rings (SSSR count). The Balaban J connectivity index is 2.91. The van der Waals surface area contributed by atoms with Crippen LogP contribution in [0.4, 0.5) is 0 Å². The van der Waals surface area contributed by atoms with E-state index in [-0.39, 0.29) is 13.2 Å². The van der Waals surface area contributed by atoms with Gasteiger partial charge in [0.15, 0.2) is 12.2 Å². The van der Waals surface area contributed by atoms with Crippen molar-refractivity contribution in [2.24, 2.45) is 0 Å². The predicted octanol–water partition coefficient (Wildman–Crippen LogP) is -0.257. The van der Waals surface area contributed by atoms with Crippen molar-refractivity contribution in [2.45, 2.75) is 52.1 Å². The SMILES string of the molecule is CC(=O)OCC1O[C@@H](COC(C)=O)[C@@H](OC(C)=O)[C@@H]1OC(C)=O. The van der Waals surface area contributed by atoms with Gasteiger partial charge < -0.3 is 23.7 Å². The number of esters is 4. The summed E-state index contributed by atoms with van der Waals surface area (Å²) in [7, 11) is 0. The van der Waals surface area contributed by atoms with E-state index in [1.165, 1.54) is 27.7 Å². The topological polar surface area (TPSA) is 114 Å². The van der Waals surface area contributed by atoms with Crippen LogP contribution in [0.1, 0.15) is 27.7 Å². The van der Waals surface area contributed by atoms with E-state index < -0.39 is 48.3 Å². The lowest BCUT2D eigenvalue weighted by atomic mass is 10.1. The summed E-state index contributed by atoms with van der Waals surface area (Å²) in [5, 5.41) is 0. The molecule has 1 heterocycles. The molecule has 1 unspecified atom stereocenters. The summed E-state index contributed by atoms with van der Waals surface area (Å²) >= 11 is 0. The van der Waals surface area contributed by atoms with Crippen LogP contribution in [0.25, 0.3) is 0 Å². The van der Waals surface area contributed by atoms with Crippen LogP contribution in [0, 0.1) is 0 Å². The highest BCUT2D eigenvalue weighted by Gasteiger charge is 2.49. The fourth-order valence-corrected chi connectivity index (χ4v) is 2.14. The third-order valence-electron chi connectivity index (χ3n) is 2.91. The second-order valence-electron chi connectivity index (χ2n) is 4.97. The Morgan fingerprint density at radius 3 is 1.30 bits per heavy atom. The van der Waals surface area contributed by atoms with Gasteiger partial charge in [0.25, 0.3) is 0 Å². The van der Waals surface area contributed by atoms with Crippen molar-refractivity contribution < 1.29 is 42.9 Å². The summed E-state index contributed by atoms with van der Waals surface area (Å²) in [6.45, 7) is 4.43. The van der Waals surface area contributed by atoms with E-state index in [9.17, 15) is 19.2 Å². The van der Waals surface area contributed by atoms with Crippen molar-refractivity contribution in [1.82, 2.24) is 0 Å². The predicted molar refractivity (Wildman–Crippen MR) is 73.0 cm³/mol. The first-order valence-electron chi connectivity index (χ1n) is 6.97. The van der Waals surface area contributed by atoms with E-state index in [4.69, 9.17) is 23.7 Å². The molecule has 1 saturated heterocycles. The minimum absolute atomic E-state index is 0.193. The molecule has 0 aromatic rings. The van der Waals surface area contributed by atoms with Crippen LogP contribution in [0.15, 0.2) is 0 Å². The van der Waals surface area contributed by atoms with Gasteiger partial charge in [0, 0.05) is 27.7 Å². The summed E-state index contributed by atoms with van der Waals surface area (Å²) in [4.78, 5) is 44.4. The molecule has 1 fully saturated rings. The zero-order valence-corrected chi connectivity index (χ0v) is 13.4. The highest BCUT2D eigenvalue weighted by molar-refractivity contribution is 5.68. The first-order chi connectivity index (χ1) is 10.7. The summed E-state index contributed by atoms with van der Waals surface area (Å²) < 4.78 is 25.6. The summed E-state index contributed by atoms with van der Waals surface area (Å²) in [6, 6.07) is 0. The van der Waals surface area contributed by atoms with Crippen molar-refractivity contribution >= 4 is 23.9 Å². The molecule has 23 heavy (non-hydrogen) atoms. The smallest absolute Gasteiger partial charge is 0.303 e. The van der Waals surface area contributed by atoms with Gasteiger partial charge in [0.1, 0.15) is 25.4 Å². The minimum Gasteiger partial charge on any atom is -0.463 e. The molecule has 130 valence electrons. The molecule has 0 aromatic carbocycles. The quantitative estimate of drug-likeness (QED) is 0.479. The maximum absolute atomic E-state index is 11.3. The zero-order chi connectivity index (χ0) is 17.6. The third kappa shape index (κ3) is 6.23. The average molecular weight is 332 g/mol. The molecule has 1 aliphatic heterocycles. The Kier molecular flexibility index (Phi) is 6.95. The third-order valence-corrected chi connectivity index (χ3v) is 2.91. The van der Waals surface area contributed by atoms with Crippen molar-refractivity contribution in [3.63, 3.8) is 0 Å². The lowest BCUT2D eigenvalue weighted by Gasteiger charge is -2.23. The van der Waals surface area contributed by atoms with E-state index >= 15 is 0 Å². The number of carbonyl (C=O) groups is 4. The molecule has 0 aliphatic carbocycles. The van der Waals surface area contributed by atoms with Crippen LogP contribution in [-0.2, 0) is 42.9 Å². The van der Waals surface area contributed by atoms with Gasteiger partial charge in [-0.25, -0.2) is 0 Å². The number of rotatable bonds is 6. The lowest BCUT2D eigenvalue weighted by molar-refractivity contribution is -0.166. The minimum atomic E-state index is -0.976. The Labute approximate surface area is 133 Å². The standard InChI is InChI=1S/C14H20O9/c1-7(15)19-5-11-13(21-9(3)17)14(22-10(4)18)12(23-11)6-20-8(2)16/h11-14H,5-6H2,1-4H3/t11-,12?,13+,14+/m0/s1. The Hall–Kier alpha value is -2.16. The molecular formula is C14H20O9. The van der Waals surface area contributed by atoms with Gasteiger partial charge in [-0.05, 0) is 0 Å². The highest BCUT2D eigenvalue weighted by atomic mass is 16.7. The summed E-state index contributed by atoms with van der Waals surface area (Å²) in [5.74, 6) is -2.31. The largest absolute Gasteiger partial charge is 0.463 e. The number of ether oxygens (including phenoxy) is 5. The molecule has 1 aliphatic rings. The maximum Gasteiger partial charge on any atom is 0.303 e. The molecule has 0 saturated carbocycles. The maximum atomic E-state index is 11.3. The zero-order valence-electron chi connectivity index (χ0n) is 13.4. The monoisotopic (exact) mass is 332 g/mol. The average Bonchev–Trinajstić information content (AvgIpc) is 2.71. The van der Waals surface area contributed by atoms with Crippen LogP contribution in [0.3, 0.4) is 0 Å². The molecule has 9 heteroatoms. The van der Waals surface area contributed by atoms with Gasteiger partial charge in [-0.2, -0.15) is 0 Å². The van der Waals surface area contributed by atoms with Crippen molar-refractivity contribution in [1.29, 1.82) is 0 Å². The van der Waals surface area contributed by atoms with Crippen molar-refractivity contribution in [3.05, 3.63) is 0 Å². The van der Waals surface area contributed by atoms with E-state index in [1.807, 2.05) is 0 Å². The second kappa shape index (κ2) is 8.47. The van der Waals surface area contributed by atoms with E-state index in [2.05, 4.69) is 0 Å². The van der Waals surface area contributed by atoms with E-state index in [0.29, 0.717) is 0 Å². The van der Waals surface area contributed by atoms with E-state index in [0.717, 1.165) is 0 Å². The van der Waals surface area contributed by atoms with Gasteiger partial charge in [-0.1, -0.05) is 0 Å². The second-order valence-corrected chi connectivity index (χ2v) is 4.97. The van der Waals surface area contributed by atoms with Gasteiger partial charge in [0.05, 0.1) is 0 Å². The van der Waals surface area contributed by atoms with E-state index in [1.54, 1.807) is 0 Å². The molecule has 0 radical (unpaired) electrons. The van der Waals surface area contributed by atoms with Gasteiger partial charge in [-0.15, -0.1) is 0 Å². The fourth-order valence-electron chi connectivity index (χ4n) is 2.14. The van der Waals surface area contributed by atoms with Gasteiger partial charge >= 0.3 is 23.9 Å². The molecule has 0 aromatic heterocycles. The molecule has 0 bridgehead atoms. The van der Waals surface area contributed by atoms with Crippen LogP contribution in [0.2, 0.25) is 0 Å². The molecular weight excluding hydrogens is 312 g/mol. The van der Waals surface area contributed by atoms with Crippen molar-refractivity contribution in [2.75, 3.05) is 13.2 Å². The molecule has 9 nitrogen and oxygen atoms in total. The Bertz CT molecular complexity index is 431. The molecule has 0 N–H and O–H groups in total. The Morgan fingerprint density at radius 1 is 0.696 bits per heavy atom. The van der Waals surface area contributed by atoms with Gasteiger partial charge in [0.2, 0.25) is 0 Å². The van der Waals surface area contributed by atoms with Crippen LogP contribution < -0.4 is 0 Å². The summed E-state index contributed by atoms with van der Waals surface area (Å²) in [5.41, 5.74) is 0. The number of hydrogen-bond acceptors (Lipinski definition) is 9. The van der Waals surface area contributed by atoms with Crippen LogP contribution in [-0.4, -0.2) is 61.5 Å². The van der Waals surface area contributed by atoms with Gasteiger partial charge in [-0.3, -0.25) is 19.2 Å². The molecule has 0 amide bonds.